The minimum Gasteiger partial charge on any atom is -0.507 e. The lowest BCUT2D eigenvalue weighted by molar-refractivity contribution is -0.140. The lowest BCUT2D eigenvalue weighted by Gasteiger charge is -2.12. The summed E-state index contributed by atoms with van der Waals surface area (Å²) in [5.41, 5.74) is -0.0621. The molecule has 0 aromatic heterocycles. The van der Waals surface area contributed by atoms with Crippen LogP contribution in [0.2, 0.25) is 0 Å². The van der Waals surface area contributed by atoms with E-state index >= 15 is 0 Å². The van der Waals surface area contributed by atoms with Gasteiger partial charge in [-0.1, -0.05) is 15.9 Å². The molecule has 6 nitrogen and oxygen atoms in total. The number of carboxylic acid groups (broad SMARTS) is 1. The zero-order chi connectivity index (χ0) is 13.0. The second-order valence-corrected chi connectivity index (χ2v) is 4.12. The molecule has 0 spiro atoms. The van der Waals surface area contributed by atoms with Crippen LogP contribution in [0, 0.1) is 0 Å². The lowest BCUT2D eigenvalue weighted by atomic mass is 10.1. The third-order valence-electron chi connectivity index (χ3n) is 1.99. The standard InChI is InChI=1S/C10H10BrNO5/c11-5-1-2-6(8(14)3-5)9(15)12-7(4-13)10(16)17/h1-3,7,13-14H,4H2,(H,12,15)(H,16,17)/t7-/m1/s1. The molecule has 0 unspecified atom stereocenters. The van der Waals surface area contributed by atoms with E-state index in [1.807, 2.05) is 0 Å². The molecule has 0 bridgehead atoms. The maximum atomic E-state index is 11.6. The van der Waals surface area contributed by atoms with E-state index in [4.69, 9.17) is 10.2 Å². The van der Waals surface area contributed by atoms with Crippen molar-refractivity contribution in [3.63, 3.8) is 0 Å². The summed E-state index contributed by atoms with van der Waals surface area (Å²) in [5, 5.41) is 28.9. The third kappa shape index (κ3) is 3.43. The van der Waals surface area contributed by atoms with Crippen molar-refractivity contribution >= 4 is 27.8 Å². The summed E-state index contributed by atoms with van der Waals surface area (Å²) in [4.78, 5) is 22.2. The Kier molecular flexibility index (Phi) is 4.47. The third-order valence-corrected chi connectivity index (χ3v) is 2.48. The fourth-order valence-electron chi connectivity index (χ4n) is 1.12. The van der Waals surface area contributed by atoms with Crippen molar-refractivity contribution in [2.24, 2.45) is 0 Å². The van der Waals surface area contributed by atoms with Gasteiger partial charge in [-0.05, 0) is 18.2 Å². The second-order valence-electron chi connectivity index (χ2n) is 3.21. The first kappa shape index (κ1) is 13.5. The van der Waals surface area contributed by atoms with Crippen molar-refractivity contribution in [3.8, 4) is 5.75 Å². The summed E-state index contributed by atoms with van der Waals surface area (Å²) in [6.45, 7) is -0.724. The van der Waals surface area contributed by atoms with Crippen molar-refractivity contribution in [2.75, 3.05) is 6.61 Å². The van der Waals surface area contributed by atoms with Crippen LogP contribution in [0.3, 0.4) is 0 Å². The fourth-order valence-corrected chi connectivity index (χ4v) is 1.47. The zero-order valence-electron chi connectivity index (χ0n) is 8.55. The molecule has 0 radical (unpaired) electrons. The maximum absolute atomic E-state index is 11.6. The molecular formula is C10H10BrNO5. The largest absolute Gasteiger partial charge is 0.507 e. The number of carbonyl (C=O) groups is 2. The second kappa shape index (κ2) is 5.65. The minimum absolute atomic E-state index is 0.0621. The Morgan fingerprint density at radius 1 is 1.41 bits per heavy atom. The average molecular weight is 304 g/mol. The van der Waals surface area contributed by atoms with Gasteiger partial charge in [0.15, 0.2) is 6.04 Å². The van der Waals surface area contributed by atoms with Crippen molar-refractivity contribution in [3.05, 3.63) is 28.2 Å². The van der Waals surface area contributed by atoms with Gasteiger partial charge in [0.1, 0.15) is 5.75 Å². The number of aliphatic carboxylic acids is 1. The van der Waals surface area contributed by atoms with Gasteiger partial charge in [0.05, 0.1) is 12.2 Å². The van der Waals surface area contributed by atoms with Crippen LogP contribution in [0.1, 0.15) is 10.4 Å². The Morgan fingerprint density at radius 3 is 2.53 bits per heavy atom. The molecule has 0 aliphatic carbocycles. The van der Waals surface area contributed by atoms with E-state index in [9.17, 15) is 14.7 Å². The van der Waals surface area contributed by atoms with Crippen molar-refractivity contribution < 1.29 is 24.9 Å². The Morgan fingerprint density at radius 2 is 2.06 bits per heavy atom. The molecule has 0 aliphatic rings. The molecule has 1 atom stereocenters. The number of aliphatic hydroxyl groups is 1. The Bertz CT molecular complexity index is 448. The molecule has 0 saturated carbocycles. The Labute approximate surface area is 105 Å². The van der Waals surface area contributed by atoms with Crippen LogP contribution in [0.15, 0.2) is 22.7 Å². The van der Waals surface area contributed by atoms with E-state index in [0.717, 1.165) is 0 Å². The van der Waals surface area contributed by atoms with Gasteiger partial charge in [0.2, 0.25) is 0 Å². The van der Waals surface area contributed by atoms with Crippen LogP contribution >= 0.6 is 15.9 Å². The van der Waals surface area contributed by atoms with Gasteiger partial charge in [-0.15, -0.1) is 0 Å². The first-order valence-electron chi connectivity index (χ1n) is 4.58. The lowest BCUT2D eigenvalue weighted by Crippen LogP contribution is -2.43. The van der Waals surface area contributed by atoms with E-state index in [1.54, 1.807) is 0 Å². The predicted molar refractivity (Wildman–Crippen MR) is 61.8 cm³/mol. The van der Waals surface area contributed by atoms with E-state index in [-0.39, 0.29) is 11.3 Å². The van der Waals surface area contributed by atoms with Crippen LogP contribution < -0.4 is 5.32 Å². The number of carboxylic acids is 1. The van der Waals surface area contributed by atoms with Gasteiger partial charge in [-0.3, -0.25) is 4.79 Å². The molecule has 17 heavy (non-hydrogen) atoms. The number of benzene rings is 1. The Hall–Kier alpha value is -1.60. The molecular weight excluding hydrogens is 294 g/mol. The number of phenols is 1. The monoisotopic (exact) mass is 303 g/mol. The fraction of sp³-hybridized carbons (Fsp3) is 0.200. The van der Waals surface area contributed by atoms with E-state index < -0.39 is 24.5 Å². The number of aliphatic hydroxyl groups excluding tert-OH is 1. The molecule has 1 amide bonds. The number of hydrogen-bond acceptors (Lipinski definition) is 4. The highest BCUT2D eigenvalue weighted by atomic mass is 79.9. The topological polar surface area (TPSA) is 107 Å². The van der Waals surface area contributed by atoms with E-state index in [2.05, 4.69) is 21.2 Å². The highest BCUT2D eigenvalue weighted by molar-refractivity contribution is 9.10. The zero-order valence-corrected chi connectivity index (χ0v) is 10.1. The van der Waals surface area contributed by atoms with E-state index in [1.165, 1.54) is 18.2 Å². The summed E-state index contributed by atoms with van der Waals surface area (Å²) >= 11 is 3.11. The number of hydrogen-bond donors (Lipinski definition) is 4. The number of aromatic hydroxyl groups is 1. The van der Waals surface area contributed by atoms with Crippen LogP contribution in [-0.2, 0) is 4.79 Å². The van der Waals surface area contributed by atoms with Gasteiger partial charge < -0.3 is 20.6 Å². The van der Waals surface area contributed by atoms with E-state index in [0.29, 0.717) is 4.47 Å². The molecule has 0 fully saturated rings. The van der Waals surface area contributed by atoms with Gasteiger partial charge in [-0.25, -0.2) is 4.79 Å². The molecule has 0 saturated heterocycles. The molecule has 92 valence electrons. The summed E-state index contributed by atoms with van der Waals surface area (Å²) in [6, 6.07) is 2.78. The number of carbonyl (C=O) groups excluding carboxylic acids is 1. The molecule has 7 heteroatoms. The smallest absolute Gasteiger partial charge is 0.328 e. The molecule has 1 rings (SSSR count). The first-order valence-corrected chi connectivity index (χ1v) is 5.38. The van der Waals surface area contributed by atoms with Crippen molar-refractivity contribution in [1.82, 2.24) is 5.32 Å². The van der Waals surface area contributed by atoms with Crippen LogP contribution in [0.4, 0.5) is 0 Å². The summed E-state index contributed by atoms with van der Waals surface area (Å²) < 4.78 is 0.587. The van der Waals surface area contributed by atoms with Crippen LogP contribution in [0.5, 0.6) is 5.75 Å². The summed E-state index contributed by atoms with van der Waals surface area (Å²) in [6.07, 6.45) is 0. The highest BCUT2D eigenvalue weighted by Gasteiger charge is 2.21. The highest BCUT2D eigenvalue weighted by Crippen LogP contribution is 2.22. The molecule has 0 heterocycles. The van der Waals surface area contributed by atoms with Crippen LogP contribution in [-0.4, -0.2) is 39.8 Å². The molecule has 1 aromatic carbocycles. The molecule has 0 aliphatic heterocycles. The van der Waals surface area contributed by atoms with Crippen LogP contribution in [0.25, 0.3) is 0 Å². The van der Waals surface area contributed by atoms with Gasteiger partial charge in [0.25, 0.3) is 5.91 Å². The SMILES string of the molecule is O=C(N[C@H](CO)C(=O)O)c1ccc(Br)cc1O. The number of nitrogens with one attached hydrogen (secondary N) is 1. The maximum Gasteiger partial charge on any atom is 0.328 e. The van der Waals surface area contributed by atoms with Crippen molar-refractivity contribution in [2.45, 2.75) is 6.04 Å². The van der Waals surface area contributed by atoms with Gasteiger partial charge in [0, 0.05) is 4.47 Å². The number of amides is 1. The molecule has 4 N–H and O–H groups in total. The summed E-state index contributed by atoms with van der Waals surface area (Å²) in [5.74, 6) is -2.40. The molecule has 1 aromatic rings. The predicted octanol–water partition coefficient (Wildman–Crippen LogP) is 0.330. The average Bonchev–Trinajstić information content (AvgIpc) is 2.24. The number of rotatable bonds is 4. The minimum atomic E-state index is -1.40. The quantitative estimate of drug-likeness (QED) is 0.641. The first-order chi connectivity index (χ1) is 7.95. The van der Waals surface area contributed by atoms with Crippen molar-refractivity contribution in [1.29, 1.82) is 0 Å². The normalized spacial score (nSPS) is 11.9. The van der Waals surface area contributed by atoms with Gasteiger partial charge >= 0.3 is 5.97 Å². The van der Waals surface area contributed by atoms with Gasteiger partial charge in [-0.2, -0.15) is 0 Å². The number of halogens is 1. The number of phenolic OH excluding ortho intramolecular Hbond substituents is 1. The summed E-state index contributed by atoms with van der Waals surface area (Å²) in [7, 11) is 0. The Balaban J connectivity index is 2.86.